The van der Waals surface area contributed by atoms with Crippen LogP contribution in [-0.2, 0) is 0 Å². The molecule has 0 amide bonds. The summed E-state index contributed by atoms with van der Waals surface area (Å²) < 4.78 is 11.8. The minimum Gasteiger partial charge on any atom is -0.493 e. The molecule has 0 aromatic heterocycles. The van der Waals surface area contributed by atoms with Crippen LogP contribution in [0.1, 0.15) is 45.9 Å². The second kappa shape index (κ2) is 10.3. The van der Waals surface area contributed by atoms with Gasteiger partial charge in [-0.1, -0.05) is 83.5 Å². The summed E-state index contributed by atoms with van der Waals surface area (Å²) in [5.41, 5.74) is 6.25. The normalized spacial score (nSPS) is 18.4. The molecule has 0 unspecified atom stereocenters. The Labute approximate surface area is 225 Å². The highest BCUT2D eigenvalue weighted by atomic mass is 79.9. The molecule has 4 aromatic carbocycles. The Morgan fingerprint density at radius 3 is 2.14 bits per heavy atom. The van der Waals surface area contributed by atoms with Gasteiger partial charge in [-0.25, -0.2) is 4.79 Å². The summed E-state index contributed by atoms with van der Waals surface area (Å²) in [4.78, 5) is 12.3. The molecule has 2 N–H and O–H groups in total. The van der Waals surface area contributed by atoms with Gasteiger partial charge in [0.1, 0.15) is 0 Å². The molecule has 0 fully saturated rings. The van der Waals surface area contributed by atoms with Crippen molar-refractivity contribution >= 4 is 27.6 Å². The number of carboxylic acid groups (broad SMARTS) is 1. The summed E-state index contributed by atoms with van der Waals surface area (Å²) >= 11 is 3.53. The van der Waals surface area contributed by atoms with Gasteiger partial charge < -0.3 is 19.9 Å². The first-order chi connectivity index (χ1) is 17.9. The summed E-state index contributed by atoms with van der Waals surface area (Å²) in [6, 6.07) is 28.3. The van der Waals surface area contributed by atoms with E-state index in [9.17, 15) is 9.90 Å². The van der Waals surface area contributed by atoms with Gasteiger partial charge in [-0.05, 0) is 58.0 Å². The van der Waals surface area contributed by atoms with Gasteiger partial charge >= 0.3 is 5.97 Å². The number of methoxy groups -OCH3 is 2. The van der Waals surface area contributed by atoms with Crippen LogP contribution in [0.2, 0.25) is 0 Å². The Morgan fingerprint density at radius 1 is 0.838 bits per heavy atom. The maximum Gasteiger partial charge on any atom is 0.337 e. The Hall–Kier alpha value is -3.77. The van der Waals surface area contributed by atoms with E-state index in [0.29, 0.717) is 17.2 Å². The third kappa shape index (κ3) is 4.69. The Balaban J connectivity index is 1.63. The van der Waals surface area contributed by atoms with Crippen LogP contribution in [0, 0.1) is 5.92 Å². The van der Waals surface area contributed by atoms with E-state index in [1.54, 1.807) is 20.3 Å². The quantitative estimate of drug-likeness (QED) is 0.253. The van der Waals surface area contributed by atoms with Crippen molar-refractivity contribution in [2.75, 3.05) is 19.5 Å². The van der Waals surface area contributed by atoms with Crippen molar-refractivity contribution in [1.82, 2.24) is 0 Å². The van der Waals surface area contributed by atoms with Gasteiger partial charge in [0.2, 0.25) is 0 Å². The highest BCUT2D eigenvalue weighted by Crippen LogP contribution is 2.50. The molecule has 0 saturated carbocycles. The zero-order valence-electron chi connectivity index (χ0n) is 20.9. The van der Waals surface area contributed by atoms with Gasteiger partial charge in [-0.15, -0.1) is 0 Å². The molecule has 4 aromatic rings. The minimum absolute atomic E-state index is 0.0783. The molecule has 188 valence electrons. The molecule has 0 aliphatic carbocycles. The third-order valence-electron chi connectivity index (χ3n) is 7.19. The fourth-order valence-corrected chi connectivity index (χ4v) is 5.87. The molecule has 1 aliphatic rings. The Bertz CT molecular complexity index is 1440. The second-order valence-electron chi connectivity index (χ2n) is 9.28. The van der Waals surface area contributed by atoms with Gasteiger partial charge in [0, 0.05) is 10.4 Å². The second-order valence-corrected chi connectivity index (χ2v) is 10.2. The third-order valence-corrected chi connectivity index (χ3v) is 7.65. The van der Waals surface area contributed by atoms with Crippen LogP contribution >= 0.6 is 15.9 Å². The number of aromatic carboxylic acids is 1. The lowest BCUT2D eigenvalue weighted by Gasteiger charge is -2.40. The first-order valence-corrected chi connectivity index (χ1v) is 12.9. The van der Waals surface area contributed by atoms with Crippen molar-refractivity contribution in [3.63, 3.8) is 0 Å². The van der Waals surface area contributed by atoms with Gasteiger partial charge in [0.05, 0.1) is 31.5 Å². The molecule has 6 heteroatoms. The number of halogens is 1. The average molecular weight is 558 g/mol. The number of rotatable bonds is 6. The van der Waals surface area contributed by atoms with Crippen molar-refractivity contribution in [3.8, 4) is 22.6 Å². The number of nitrogens with one attached hydrogen (secondary N) is 1. The maximum atomic E-state index is 12.3. The SMILES string of the molecule is COc1ccc([C@H]2c3cc(Br)cc(C(=O)O)c3N[C@H](c3ccc(-c4ccccc4)cc3)[C@@H]2C)cc1OC. The largest absolute Gasteiger partial charge is 0.493 e. The monoisotopic (exact) mass is 557 g/mol. The standard InChI is InChI=1S/C31H28BrNO4/c1-18-28(22-13-14-26(36-2)27(15-22)37-3)24-16-23(32)17-25(31(34)35)30(24)33-29(18)21-11-9-20(10-12-21)19-7-5-4-6-8-19/h4-18,28-29,33H,1-3H3,(H,34,35)/t18-,28+,29+/m1/s1. The van der Waals surface area contributed by atoms with E-state index in [4.69, 9.17) is 9.47 Å². The molecular formula is C31H28BrNO4. The molecule has 1 aliphatic heterocycles. The predicted octanol–water partition coefficient (Wildman–Crippen LogP) is 7.77. The first kappa shape index (κ1) is 24.9. The van der Waals surface area contributed by atoms with E-state index in [0.717, 1.165) is 32.3 Å². The molecule has 37 heavy (non-hydrogen) atoms. The molecule has 1 heterocycles. The molecule has 5 rings (SSSR count). The van der Waals surface area contributed by atoms with Crippen LogP contribution in [0.3, 0.4) is 0 Å². The van der Waals surface area contributed by atoms with E-state index >= 15 is 0 Å². The molecule has 5 nitrogen and oxygen atoms in total. The van der Waals surface area contributed by atoms with Gasteiger partial charge in [0.25, 0.3) is 0 Å². The zero-order chi connectivity index (χ0) is 26.1. The van der Waals surface area contributed by atoms with Gasteiger partial charge in [0.15, 0.2) is 11.5 Å². The summed E-state index contributed by atoms with van der Waals surface area (Å²) in [7, 11) is 3.24. The summed E-state index contributed by atoms with van der Waals surface area (Å²) in [5, 5.41) is 13.7. The lowest BCUT2D eigenvalue weighted by Crippen LogP contribution is -2.32. The number of hydrogen-bond acceptors (Lipinski definition) is 4. The van der Waals surface area contributed by atoms with Crippen LogP contribution < -0.4 is 14.8 Å². The number of anilines is 1. The maximum absolute atomic E-state index is 12.3. The summed E-state index contributed by atoms with van der Waals surface area (Å²) in [6.07, 6.45) is 0. The van der Waals surface area contributed by atoms with Gasteiger partial charge in [-0.2, -0.15) is 0 Å². The lowest BCUT2D eigenvalue weighted by atomic mass is 9.72. The van der Waals surface area contributed by atoms with Crippen LogP contribution in [0.15, 0.2) is 89.4 Å². The fourth-order valence-electron chi connectivity index (χ4n) is 5.40. The van der Waals surface area contributed by atoms with Crippen LogP contribution in [-0.4, -0.2) is 25.3 Å². The number of fused-ring (bicyclic) bond motifs is 1. The highest BCUT2D eigenvalue weighted by molar-refractivity contribution is 9.10. The minimum atomic E-state index is -0.969. The number of ether oxygens (including phenoxy) is 2. The molecule has 0 spiro atoms. The van der Waals surface area contributed by atoms with Crippen molar-refractivity contribution in [2.24, 2.45) is 5.92 Å². The van der Waals surface area contributed by atoms with E-state index in [1.165, 1.54) is 0 Å². The van der Waals surface area contributed by atoms with Crippen molar-refractivity contribution in [3.05, 3.63) is 112 Å². The number of carboxylic acids is 1. The van der Waals surface area contributed by atoms with Gasteiger partial charge in [-0.3, -0.25) is 0 Å². The topological polar surface area (TPSA) is 67.8 Å². The summed E-state index contributed by atoms with van der Waals surface area (Å²) in [5.74, 6) is 0.351. The fraction of sp³-hybridized carbons (Fsp3) is 0.194. The van der Waals surface area contributed by atoms with E-state index in [-0.39, 0.29) is 23.4 Å². The molecule has 3 atom stereocenters. The van der Waals surface area contributed by atoms with Crippen LogP contribution in [0.5, 0.6) is 11.5 Å². The van der Waals surface area contributed by atoms with E-state index < -0.39 is 5.97 Å². The van der Waals surface area contributed by atoms with Crippen LogP contribution in [0.25, 0.3) is 11.1 Å². The number of hydrogen-bond donors (Lipinski definition) is 2. The smallest absolute Gasteiger partial charge is 0.337 e. The first-order valence-electron chi connectivity index (χ1n) is 12.1. The number of carbonyl (C=O) groups is 1. The zero-order valence-corrected chi connectivity index (χ0v) is 22.5. The van der Waals surface area contributed by atoms with E-state index in [2.05, 4.69) is 64.6 Å². The van der Waals surface area contributed by atoms with Crippen molar-refractivity contribution in [2.45, 2.75) is 18.9 Å². The summed E-state index contributed by atoms with van der Waals surface area (Å²) in [6.45, 7) is 2.20. The predicted molar refractivity (Wildman–Crippen MR) is 150 cm³/mol. The molecule has 0 radical (unpaired) electrons. The molecule has 0 bridgehead atoms. The molecule has 0 saturated heterocycles. The van der Waals surface area contributed by atoms with Crippen molar-refractivity contribution < 1.29 is 19.4 Å². The Kier molecular flexibility index (Phi) is 6.94. The average Bonchev–Trinajstić information content (AvgIpc) is 2.92. The molecular weight excluding hydrogens is 530 g/mol. The Morgan fingerprint density at radius 2 is 1.49 bits per heavy atom. The lowest BCUT2D eigenvalue weighted by molar-refractivity contribution is 0.0697. The van der Waals surface area contributed by atoms with E-state index in [1.807, 2.05) is 42.5 Å². The van der Waals surface area contributed by atoms with Crippen LogP contribution in [0.4, 0.5) is 5.69 Å². The number of benzene rings is 4. The highest BCUT2D eigenvalue weighted by Gasteiger charge is 2.38. The van der Waals surface area contributed by atoms with Crippen molar-refractivity contribution in [1.29, 1.82) is 0 Å².